The number of halogens is 1. The fourth-order valence-electron chi connectivity index (χ4n) is 1.35. The van der Waals surface area contributed by atoms with Gasteiger partial charge in [0.05, 0.1) is 7.11 Å². The van der Waals surface area contributed by atoms with Crippen LogP contribution in [0.5, 0.6) is 5.75 Å². The zero-order chi connectivity index (χ0) is 10.6. The number of ketones is 1. The van der Waals surface area contributed by atoms with Gasteiger partial charge in [0, 0.05) is 11.4 Å². The molecule has 3 heteroatoms. The van der Waals surface area contributed by atoms with Gasteiger partial charge < -0.3 is 4.74 Å². The molecule has 0 aliphatic heterocycles. The number of carbonyl (C=O) groups excluding carboxylic acids is 1. The topological polar surface area (TPSA) is 26.3 Å². The fourth-order valence-corrected chi connectivity index (χ4v) is 1.55. The maximum atomic E-state index is 11.3. The van der Waals surface area contributed by atoms with E-state index < -0.39 is 0 Å². The van der Waals surface area contributed by atoms with Crippen LogP contribution < -0.4 is 4.74 Å². The predicted octanol–water partition coefficient (Wildman–Crippen LogP) is 2.68. The van der Waals surface area contributed by atoms with Crippen molar-refractivity contribution in [3.63, 3.8) is 0 Å². The van der Waals surface area contributed by atoms with E-state index in [0.29, 0.717) is 12.3 Å². The first-order valence-corrected chi connectivity index (χ1v) is 4.96. The third-order valence-corrected chi connectivity index (χ3v) is 2.24. The van der Waals surface area contributed by atoms with Crippen LogP contribution in [0.25, 0.3) is 0 Å². The van der Waals surface area contributed by atoms with E-state index in [9.17, 15) is 4.79 Å². The van der Waals surface area contributed by atoms with E-state index in [2.05, 4.69) is 0 Å². The second-order valence-corrected chi connectivity index (χ2v) is 3.40. The third kappa shape index (κ3) is 2.48. The summed E-state index contributed by atoms with van der Waals surface area (Å²) in [5.74, 6) is 1.33. The van der Waals surface area contributed by atoms with Crippen molar-refractivity contribution in [2.45, 2.75) is 13.3 Å². The van der Waals surface area contributed by atoms with E-state index in [-0.39, 0.29) is 5.78 Å². The molecule has 0 amide bonds. The number of rotatable bonds is 4. The van der Waals surface area contributed by atoms with Crippen molar-refractivity contribution in [2.24, 2.45) is 0 Å². The van der Waals surface area contributed by atoms with Gasteiger partial charge in [0.25, 0.3) is 0 Å². The number of alkyl halides is 1. The summed E-state index contributed by atoms with van der Waals surface area (Å²) in [6.07, 6.45) is 0.688. The third-order valence-electron chi connectivity index (χ3n) is 2.06. The molecule has 2 nitrogen and oxygen atoms in total. The van der Waals surface area contributed by atoms with Gasteiger partial charge in [0.2, 0.25) is 0 Å². The molecule has 0 aliphatic carbocycles. The molecule has 0 saturated heterocycles. The van der Waals surface area contributed by atoms with Crippen molar-refractivity contribution < 1.29 is 9.53 Å². The van der Waals surface area contributed by atoms with Crippen LogP contribution in [0.1, 0.15) is 22.8 Å². The predicted molar refractivity (Wildman–Crippen MR) is 57.4 cm³/mol. The van der Waals surface area contributed by atoms with Gasteiger partial charge in [0.1, 0.15) is 5.75 Å². The van der Waals surface area contributed by atoms with Crippen LogP contribution in [0.2, 0.25) is 0 Å². The highest BCUT2D eigenvalue weighted by Crippen LogP contribution is 2.19. The molecule has 1 aromatic rings. The normalized spacial score (nSPS) is 9.93. The van der Waals surface area contributed by atoms with Gasteiger partial charge in [-0.1, -0.05) is 0 Å². The molecule has 0 aliphatic rings. The van der Waals surface area contributed by atoms with Gasteiger partial charge in [-0.3, -0.25) is 4.79 Å². The second kappa shape index (κ2) is 5.01. The Bertz CT molecular complexity index is 334. The van der Waals surface area contributed by atoms with E-state index in [4.69, 9.17) is 16.3 Å². The molecule has 0 bridgehead atoms. The van der Waals surface area contributed by atoms with Crippen molar-refractivity contribution in [1.82, 2.24) is 0 Å². The average molecular weight is 213 g/mol. The molecule has 0 heterocycles. The number of ether oxygens (including phenoxy) is 1. The summed E-state index contributed by atoms with van der Waals surface area (Å²) in [5, 5.41) is 0. The van der Waals surface area contributed by atoms with Crippen LogP contribution in [0.4, 0.5) is 0 Å². The number of hydrogen-bond acceptors (Lipinski definition) is 2. The summed E-state index contributed by atoms with van der Waals surface area (Å²) < 4.78 is 5.08. The van der Waals surface area contributed by atoms with Crippen LogP contribution >= 0.6 is 11.6 Å². The molecule has 76 valence electrons. The van der Waals surface area contributed by atoms with Crippen molar-refractivity contribution in [1.29, 1.82) is 0 Å². The highest BCUT2D eigenvalue weighted by Gasteiger charge is 2.07. The van der Waals surface area contributed by atoms with Crippen LogP contribution in [0.15, 0.2) is 18.2 Å². The SMILES string of the molecule is COc1ccc(C(C)=O)c(CCCl)c1. The van der Waals surface area contributed by atoms with E-state index in [1.165, 1.54) is 0 Å². The molecular weight excluding hydrogens is 200 g/mol. The monoisotopic (exact) mass is 212 g/mol. The lowest BCUT2D eigenvalue weighted by molar-refractivity contribution is 0.101. The number of hydrogen-bond donors (Lipinski definition) is 0. The molecular formula is C11H13ClO2. The van der Waals surface area contributed by atoms with E-state index in [1.807, 2.05) is 6.07 Å². The summed E-state index contributed by atoms with van der Waals surface area (Å²) in [4.78, 5) is 11.3. The van der Waals surface area contributed by atoms with Crippen LogP contribution in [-0.4, -0.2) is 18.8 Å². The minimum atomic E-state index is 0.0627. The lowest BCUT2D eigenvalue weighted by Crippen LogP contribution is -2.01. The van der Waals surface area contributed by atoms with Gasteiger partial charge in [0.15, 0.2) is 5.78 Å². The van der Waals surface area contributed by atoms with Crippen LogP contribution in [0.3, 0.4) is 0 Å². The fraction of sp³-hybridized carbons (Fsp3) is 0.364. The second-order valence-electron chi connectivity index (χ2n) is 3.02. The number of benzene rings is 1. The highest BCUT2D eigenvalue weighted by molar-refractivity contribution is 6.18. The molecule has 1 rings (SSSR count). The van der Waals surface area contributed by atoms with E-state index in [1.54, 1.807) is 26.2 Å². The number of Topliss-reactive ketones (excluding diaryl/α,β-unsaturated/α-hetero) is 1. The summed E-state index contributed by atoms with van der Waals surface area (Å²) in [6.45, 7) is 1.56. The Labute approximate surface area is 88.8 Å². The zero-order valence-electron chi connectivity index (χ0n) is 8.34. The van der Waals surface area contributed by atoms with Gasteiger partial charge >= 0.3 is 0 Å². The first kappa shape index (κ1) is 11.1. The minimum Gasteiger partial charge on any atom is -0.497 e. The molecule has 0 saturated carbocycles. The minimum absolute atomic E-state index is 0.0627. The Hall–Kier alpha value is -1.02. The quantitative estimate of drug-likeness (QED) is 0.567. The summed E-state index contributed by atoms with van der Waals surface area (Å²) in [6, 6.07) is 5.43. The van der Waals surface area contributed by atoms with Crippen molar-refractivity contribution in [3.05, 3.63) is 29.3 Å². The standard InChI is InChI=1S/C11H13ClO2/c1-8(13)11-4-3-10(14-2)7-9(11)5-6-12/h3-4,7H,5-6H2,1-2H3. The summed E-state index contributed by atoms with van der Waals surface area (Å²) >= 11 is 5.66. The number of methoxy groups -OCH3 is 1. The Balaban J connectivity index is 3.10. The lowest BCUT2D eigenvalue weighted by Gasteiger charge is -2.07. The maximum absolute atomic E-state index is 11.3. The van der Waals surface area contributed by atoms with Crippen molar-refractivity contribution >= 4 is 17.4 Å². The lowest BCUT2D eigenvalue weighted by atomic mass is 10.0. The Morgan fingerprint density at radius 1 is 1.50 bits per heavy atom. The first-order valence-electron chi connectivity index (χ1n) is 4.43. The summed E-state index contributed by atoms with van der Waals surface area (Å²) in [5.41, 5.74) is 1.68. The Kier molecular flexibility index (Phi) is 3.96. The smallest absolute Gasteiger partial charge is 0.160 e. The largest absolute Gasteiger partial charge is 0.497 e. The average Bonchev–Trinajstić information content (AvgIpc) is 2.17. The van der Waals surface area contributed by atoms with Crippen molar-refractivity contribution in [3.8, 4) is 5.75 Å². The molecule has 1 aromatic carbocycles. The molecule has 0 unspecified atom stereocenters. The molecule has 0 N–H and O–H groups in total. The summed E-state index contributed by atoms with van der Waals surface area (Å²) in [7, 11) is 1.60. The number of aryl methyl sites for hydroxylation is 1. The first-order chi connectivity index (χ1) is 6.69. The highest BCUT2D eigenvalue weighted by atomic mass is 35.5. The Morgan fingerprint density at radius 2 is 2.21 bits per heavy atom. The van der Waals surface area contributed by atoms with Crippen LogP contribution in [0, 0.1) is 0 Å². The number of carbonyl (C=O) groups is 1. The van der Waals surface area contributed by atoms with Crippen LogP contribution in [-0.2, 0) is 6.42 Å². The Morgan fingerprint density at radius 3 is 2.71 bits per heavy atom. The molecule has 14 heavy (non-hydrogen) atoms. The van der Waals surface area contributed by atoms with E-state index in [0.717, 1.165) is 16.9 Å². The molecule has 0 fully saturated rings. The van der Waals surface area contributed by atoms with Gasteiger partial charge in [-0.25, -0.2) is 0 Å². The zero-order valence-corrected chi connectivity index (χ0v) is 9.10. The van der Waals surface area contributed by atoms with Gasteiger partial charge in [-0.2, -0.15) is 0 Å². The van der Waals surface area contributed by atoms with Gasteiger partial charge in [-0.15, -0.1) is 11.6 Å². The molecule has 0 atom stereocenters. The molecule has 0 aromatic heterocycles. The van der Waals surface area contributed by atoms with E-state index >= 15 is 0 Å². The molecule has 0 spiro atoms. The van der Waals surface area contributed by atoms with Crippen molar-refractivity contribution in [2.75, 3.05) is 13.0 Å². The molecule has 0 radical (unpaired) electrons. The maximum Gasteiger partial charge on any atom is 0.160 e. The van der Waals surface area contributed by atoms with Gasteiger partial charge in [-0.05, 0) is 37.1 Å².